The predicted molar refractivity (Wildman–Crippen MR) is 98.5 cm³/mol. The summed E-state index contributed by atoms with van der Waals surface area (Å²) in [5, 5.41) is 3.38. The van der Waals surface area contributed by atoms with Crippen LogP contribution in [0.25, 0.3) is 11.4 Å². The van der Waals surface area contributed by atoms with Crippen LogP contribution in [-0.4, -0.2) is 41.7 Å². The number of carbonyl (C=O) groups excluding carboxylic acids is 1. The van der Waals surface area contributed by atoms with E-state index < -0.39 is 0 Å². The first-order valence-electron chi connectivity index (χ1n) is 8.94. The molecule has 3 N–H and O–H groups in total. The molecule has 136 valence electrons. The molecule has 0 saturated carbocycles. The summed E-state index contributed by atoms with van der Waals surface area (Å²) < 4.78 is 5.57. The standard InChI is InChI=1S/C19H23N5O2/c1-12-11-26-7-6-24(12)19-15-9-21-10-16(15)22-18(23-19)14-4-2-13(3-5-14)8-17(20)25/h2-5,12,21H,6-11H2,1H3,(H2,20,25)/t12-/m0/s1. The number of carbonyl (C=O) groups is 1. The topological polar surface area (TPSA) is 93.4 Å². The predicted octanol–water partition coefficient (Wildman–Crippen LogP) is 1.000. The molecule has 0 spiro atoms. The lowest BCUT2D eigenvalue weighted by atomic mass is 10.1. The Morgan fingerprint density at radius 2 is 2.12 bits per heavy atom. The Labute approximate surface area is 152 Å². The highest BCUT2D eigenvalue weighted by Gasteiger charge is 2.27. The van der Waals surface area contributed by atoms with Crippen LogP contribution in [0.2, 0.25) is 0 Å². The van der Waals surface area contributed by atoms with E-state index in [2.05, 4.69) is 17.1 Å². The summed E-state index contributed by atoms with van der Waals surface area (Å²) in [6.07, 6.45) is 0.242. The number of hydrogen-bond donors (Lipinski definition) is 2. The molecule has 2 aliphatic rings. The van der Waals surface area contributed by atoms with Crippen LogP contribution in [-0.2, 0) is 29.0 Å². The highest BCUT2D eigenvalue weighted by atomic mass is 16.5. The van der Waals surface area contributed by atoms with Crippen LogP contribution in [0.5, 0.6) is 0 Å². The van der Waals surface area contributed by atoms with Crippen LogP contribution in [0, 0.1) is 0 Å². The van der Waals surface area contributed by atoms with Crippen LogP contribution < -0.4 is 16.0 Å². The van der Waals surface area contributed by atoms with Crippen LogP contribution >= 0.6 is 0 Å². The molecule has 0 radical (unpaired) electrons. The minimum absolute atomic E-state index is 0.242. The molecule has 2 aromatic rings. The fraction of sp³-hybridized carbons (Fsp3) is 0.421. The van der Waals surface area contributed by atoms with E-state index in [1.54, 1.807) is 0 Å². The van der Waals surface area contributed by atoms with Crippen molar-refractivity contribution in [3.05, 3.63) is 41.1 Å². The lowest BCUT2D eigenvalue weighted by Gasteiger charge is -2.35. The molecule has 0 bridgehead atoms. The lowest BCUT2D eigenvalue weighted by molar-refractivity contribution is -0.117. The second-order valence-electron chi connectivity index (χ2n) is 6.86. The van der Waals surface area contributed by atoms with Crippen molar-refractivity contribution >= 4 is 11.7 Å². The average Bonchev–Trinajstić information content (AvgIpc) is 3.10. The Kier molecular flexibility index (Phi) is 4.57. The molecular weight excluding hydrogens is 330 g/mol. The number of nitrogens with two attached hydrogens (primary N) is 1. The van der Waals surface area contributed by atoms with Crippen molar-refractivity contribution < 1.29 is 9.53 Å². The number of amides is 1. The first-order valence-corrected chi connectivity index (χ1v) is 8.94. The minimum Gasteiger partial charge on any atom is -0.377 e. The summed E-state index contributed by atoms with van der Waals surface area (Å²) >= 11 is 0. The van der Waals surface area contributed by atoms with Gasteiger partial charge in [0.25, 0.3) is 0 Å². The third-order valence-electron chi connectivity index (χ3n) is 4.90. The summed E-state index contributed by atoms with van der Waals surface area (Å²) in [5.74, 6) is 1.39. The zero-order chi connectivity index (χ0) is 18.1. The maximum absolute atomic E-state index is 11.1. The molecule has 1 amide bonds. The third-order valence-corrected chi connectivity index (χ3v) is 4.90. The number of anilines is 1. The van der Waals surface area contributed by atoms with Gasteiger partial charge in [0.1, 0.15) is 5.82 Å². The molecule has 1 aromatic heterocycles. The first-order chi connectivity index (χ1) is 12.6. The highest BCUT2D eigenvalue weighted by Crippen LogP contribution is 2.30. The minimum atomic E-state index is -0.332. The normalized spacial score (nSPS) is 19.4. The average molecular weight is 353 g/mol. The second kappa shape index (κ2) is 7.01. The monoisotopic (exact) mass is 353 g/mol. The Balaban J connectivity index is 1.71. The first kappa shape index (κ1) is 16.9. The number of primary amides is 1. The molecule has 3 heterocycles. The van der Waals surface area contributed by atoms with Gasteiger partial charge in [-0.2, -0.15) is 0 Å². The smallest absolute Gasteiger partial charge is 0.221 e. The van der Waals surface area contributed by atoms with E-state index in [1.165, 1.54) is 5.56 Å². The van der Waals surface area contributed by atoms with Crippen molar-refractivity contribution in [1.29, 1.82) is 0 Å². The number of aromatic nitrogens is 2. The molecule has 4 rings (SSSR count). The number of fused-ring (bicyclic) bond motifs is 1. The quantitative estimate of drug-likeness (QED) is 0.852. The lowest BCUT2D eigenvalue weighted by Crippen LogP contribution is -2.44. The van der Waals surface area contributed by atoms with Gasteiger partial charge in [-0.3, -0.25) is 4.79 Å². The van der Waals surface area contributed by atoms with Gasteiger partial charge < -0.3 is 20.7 Å². The van der Waals surface area contributed by atoms with E-state index >= 15 is 0 Å². The Morgan fingerprint density at radius 1 is 1.31 bits per heavy atom. The van der Waals surface area contributed by atoms with Gasteiger partial charge in [0, 0.05) is 30.8 Å². The van der Waals surface area contributed by atoms with Gasteiger partial charge >= 0.3 is 0 Å². The third kappa shape index (κ3) is 3.27. The second-order valence-corrected chi connectivity index (χ2v) is 6.86. The molecule has 1 atom stereocenters. The summed E-state index contributed by atoms with van der Waals surface area (Å²) in [6, 6.07) is 8.01. The molecule has 2 aliphatic heterocycles. The molecular formula is C19H23N5O2. The summed E-state index contributed by atoms with van der Waals surface area (Å²) in [4.78, 5) is 23.1. The Morgan fingerprint density at radius 3 is 2.85 bits per heavy atom. The van der Waals surface area contributed by atoms with Gasteiger partial charge in [-0.25, -0.2) is 9.97 Å². The molecule has 0 aliphatic carbocycles. The van der Waals surface area contributed by atoms with Crippen LogP contribution in [0.3, 0.4) is 0 Å². The van der Waals surface area contributed by atoms with Gasteiger partial charge in [-0.15, -0.1) is 0 Å². The fourth-order valence-electron chi connectivity index (χ4n) is 3.53. The van der Waals surface area contributed by atoms with Gasteiger partial charge in [0.05, 0.1) is 31.4 Å². The number of ether oxygens (including phenoxy) is 1. The van der Waals surface area contributed by atoms with Crippen LogP contribution in [0.4, 0.5) is 5.82 Å². The van der Waals surface area contributed by atoms with Gasteiger partial charge in [-0.05, 0) is 12.5 Å². The number of benzene rings is 1. The van der Waals surface area contributed by atoms with Crippen molar-refractivity contribution in [2.24, 2.45) is 5.73 Å². The van der Waals surface area contributed by atoms with E-state index in [1.807, 2.05) is 24.3 Å². The van der Waals surface area contributed by atoms with E-state index in [-0.39, 0.29) is 18.4 Å². The largest absolute Gasteiger partial charge is 0.377 e. The summed E-state index contributed by atoms with van der Waals surface area (Å²) in [6.45, 7) is 5.98. The highest BCUT2D eigenvalue weighted by molar-refractivity contribution is 5.76. The maximum atomic E-state index is 11.1. The number of nitrogens with one attached hydrogen (secondary N) is 1. The molecule has 1 aromatic carbocycles. The number of rotatable bonds is 4. The summed E-state index contributed by atoms with van der Waals surface area (Å²) in [7, 11) is 0. The zero-order valence-corrected chi connectivity index (χ0v) is 14.9. The molecule has 1 fully saturated rings. The fourth-order valence-corrected chi connectivity index (χ4v) is 3.53. The van der Waals surface area contributed by atoms with E-state index in [0.29, 0.717) is 19.0 Å². The van der Waals surface area contributed by atoms with Gasteiger partial charge in [0.2, 0.25) is 5.91 Å². The van der Waals surface area contributed by atoms with E-state index in [4.69, 9.17) is 20.4 Å². The van der Waals surface area contributed by atoms with Crippen molar-refractivity contribution in [1.82, 2.24) is 15.3 Å². The molecule has 26 heavy (non-hydrogen) atoms. The zero-order valence-electron chi connectivity index (χ0n) is 14.9. The molecule has 0 unspecified atom stereocenters. The van der Waals surface area contributed by atoms with Crippen molar-refractivity contribution in [2.75, 3.05) is 24.7 Å². The van der Waals surface area contributed by atoms with E-state index in [0.717, 1.165) is 42.3 Å². The van der Waals surface area contributed by atoms with E-state index in [9.17, 15) is 4.79 Å². The molecule has 1 saturated heterocycles. The summed E-state index contributed by atoms with van der Waals surface area (Å²) in [5.41, 5.74) is 9.35. The SMILES string of the molecule is C[C@H]1COCCN1c1nc(-c2ccc(CC(N)=O)cc2)nc2c1CNC2. The van der Waals surface area contributed by atoms with Crippen molar-refractivity contribution in [3.63, 3.8) is 0 Å². The number of morpholine rings is 1. The molecule has 7 heteroatoms. The number of nitrogens with zero attached hydrogens (tertiary/aromatic N) is 3. The van der Waals surface area contributed by atoms with Crippen molar-refractivity contribution in [3.8, 4) is 11.4 Å². The van der Waals surface area contributed by atoms with Crippen LogP contribution in [0.15, 0.2) is 24.3 Å². The maximum Gasteiger partial charge on any atom is 0.221 e. The van der Waals surface area contributed by atoms with Gasteiger partial charge in [-0.1, -0.05) is 24.3 Å². The number of hydrogen-bond acceptors (Lipinski definition) is 6. The Hall–Kier alpha value is -2.51. The molecule has 7 nitrogen and oxygen atoms in total. The van der Waals surface area contributed by atoms with Gasteiger partial charge in [0.15, 0.2) is 5.82 Å². The van der Waals surface area contributed by atoms with Crippen molar-refractivity contribution in [2.45, 2.75) is 32.5 Å². The Bertz CT molecular complexity index is 821. The van der Waals surface area contributed by atoms with Crippen LogP contribution in [0.1, 0.15) is 23.7 Å².